The zero-order chi connectivity index (χ0) is 13.7. The van der Waals surface area contributed by atoms with Crippen molar-refractivity contribution in [3.05, 3.63) is 53.7 Å². The van der Waals surface area contributed by atoms with Gasteiger partial charge in [-0.05, 0) is 35.9 Å². The van der Waals surface area contributed by atoms with Crippen LogP contribution in [0.5, 0.6) is 11.6 Å². The number of pyridine rings is 1. The van der Waals surface area contributed by atoms with E-state index in [1.165, 1.54) is 12.1 Å². The van der Waals surface area contributed by atoms with Gasteiger partial charge in [0.15, 0.2) is 0 Å². The molecule has 98 valence electrons. The fourth-order valence-electron chi connectivity index (χ4n) is 1.51. The van der Waals surface area contributed by atoms with Gasteiger partial charge in [-0.3, -0.25) is 0 Å². The molecule has 0 aliphatic rings. The summed E-state index contributed by atoms with van der Waals surface area (Å²) in [5, 5.41) is 8.78. The van der Waals surface area contributed by atoms with E-state index < -0.39 is 5.97 Å². The van der Waals surface area contributed by atoms with Crippen LogP contribution >= 0.6 is 0 Å². The first kappa shape index (κ1) is 13.0. The number of benzene rings is 1. The Morgan fingerprint density at radius 3 is 2.47 bits per heavy atom. The third kappa shape index (κ3) is 3.53. The van der Waals surface area contributed by atoms with E-state index in [9.17, 15) is 4.79 Å². The number of methoxy groups -OCH3 is 1. The molecule has 0 atom stereocenters. The fourth-order valence-corrected chi connectivity index (χ4v) is 1.51. The Balaban J connectivity index is 2.06. The van der Waals surface area contributed by atoms with E-state index in [1.54, 1.807) is 31.5 Å². The molecule has 0 aliphatic carbocycles. The van der Waals surface area contributed by atoms with Crippen molar-refractivity contribution in [1.29, 1.82) is 0 Å². The number of nitrogens with zero attached hydrogens (tertiary/aromatic N) is 1. The van der Waals surface area contributed by atoms with Gasteiger partial charge in [-0.15, -0.1) is 0 Å². The van der Waals surface area contributed by atoms with Crippen molar-refractivity contribution in [2.45, 2.75) is 6.61 Å². The number of ether oxygens (including phenoxy) is 2. The lowest BCUT2D eigenvalue weighted by atomic mass is 10.2. The summed E-state index contributed by atoms with van der Waals surface area (Å²) in [5.74, 6) is 0.0218. The van der Waals surface area contributed by atoms with E-state index >= 15 is 0 Å². The number of rotatable bonds is 5. The molecule has 5 heteroatoms. The third-order valence-corrected chi connectivity index (χ3v) is 2.43. The minimum atomic E-state index is -0.964. The summed E-state index contributed by atoms with van der Waals surface area (Å²) in [6, 6.07) is 9.74. The van der Waals surface area contributed by atoms with Crippen LogP contribution in [0.1, 0.15) is 15.9 Å². The molecule has 0 spiro atoms. The summed E-state index contributed by atoms with van der Waals surface area (Å²) in [6.45, 7) is 0.501. The van der Waals surface area contributed by atoms with Crippen LogP contribution in [-0.2, 0) is 11.3 Å². The number of aromatic nitrogens is 1. The topological polar surface area (TPSA) is 68.7 Å². The lowest BCUT2D eigenvalue weighted by molar-refractivity contribution is 0.0697. The van der Waals surface area contributed by atoms with Crippen LogP contribution in [0.15, 0.2) is 42.6 Å². The summed E-state index contributed by atoms with van der Waals surface area (Å²) < 4.78 is 10.5. The predicted octanol–water partition coefficient (Wildman–Crippen LogP) is 2.72. The van der Waals surface area contributed by atoms with Crippen LogP contribution < -0.4 is 4.74 Å². The molecule has 0 aliphatic heterocycles. The molecular weight excluding hydrogens is 246 g/mol. The van der Waals surface area contributed by atoms with E-state index in [4.69, 9.17) is 14.6 Å². The van der Waals surface area contributed by atoms with Crippen LogP contribution in [0.25, 0.3) is 0 Å². The second kappa shape index (κ2) is 5.97. The van der Waals surface area contributed by atoms with Gasteiger partial charge in [0.2, 0.25) is 5.88 Å². The molecular formula is C14H13NO4. The SMILES string of the molecule is COCc1ccc(Oc2ccc(C(=O)O)cc2)nc1. The quantitative estimate of drug-likeness (QED) is 0.894. The van der Waals surface area contributed by atoms with Crippen LogP contribution in [0.4, 0.5) is 0 Å². The average Bonchev–Trinajstić information content (AvgIpc) is 2.42. The molecule has 0 amide bonds. The van der Waals surface area contributed by atoms with E-state index in [-0.39, 0.29) is 5.56 Å². The second-order valence-electron chi connectivity index (χ2n) is 3.87. The van der Waals surface area contributed by atoms with Crippen LogP contribution in [-0.4, -0.2) is 23.2 Å². The lowest BCUT2D eigenvalue weighted by Crippen LogP contribution is -1.96. The number of hydrogen-bond donors (Lipinski definition) is 1. The van der Waals surface area contributed by atoms with Crippen LogP contribution in [0.3, 0.4) is 0 Å². The van der Waals surface area contributed by atoms with Crippen molar-refractivity contribution in [3.8, 4) is 11.6 Å². The highest BCUT2D eigenvalue weighted by molar-refractivity contribution is 5.87. The molecule has 1 heterocycles. The molecule has 0 unspecified atom stereocenters. The van der Waals surface area contributed by atoms with Gasteiger partial charge in [0, 0.05) is 19.4 Å². The molecule has 1 N–H and O–H groups in total. The van der Waals surface area contributed by atoms with Gasteiger partial charge in [-0.25, -0.2) is 9.78 Å². The Kier molecular flexibility index (Phi) is 4.10. The van der Waals surface area contributed by atoms with Crippen LogP contribution in [0.2, 0.25) is 0 Å². The van der Waals surface area contributed by atoms with Crippen molar-refractivity contribution in [1.82, 2.24) is 4.98 Å². The Morgan fingerprint density at radius 2 is 1.95 bits per heavy atom. The number of carboxylic acids is 1. The van der Waals surface area contributed by atoms with Gasteiger partial charge in [0.1, 0.15) is 5.75 Å². The number of hydrogen-bond acceptors (Lipinski definition) is 4. The summed E-state index contributed by atoms with van der Waals surface area (Å²) >= 11 is 0. The standard InChI is InChI=1S/C14H13NO4/c1-18-9-10-2-7-13(15-8-10)19-12-5-3-11(4-6-12)14(16)17/h2-8H,9H2,1H3,(H,16,17). The lowest BCUT2D eigenvalue weighted by Gasteiger charge is -2.05. The summed E-state index contributed by atoms with van der Waals surface area (Å²) in [5.41, 5.74) is 1.17. The first-order valence-corrected chi connectivity index (χ1v) is 5.64. The molecule has 0 radical (unpaired) electrons. The van der Waals surface area contributed by atoms with E-state index in [0.29, 0.717) is 18.2 Å². The van der Waals surface area contributed by atoms with E-state index in [2.05, 4.69) is 4.98 Å². The zero-order valence-electron chi connectivity index (χ0n) is 10.4. The number of carbonyl (C=O) groups is 1. The maximum Gasteiger partial charge on any atom is 0.335 e. The van der Waals surface area contributed by atoms with Gasteiger partial charge in [-0.2, -0.15) is 0 Å². The monoisotopic (exact) mass is 259 g/mol. The molecule has 0 fully saturated rings. The molecule has 19 heavy (non-hydrogen) atoms. The fraction of sp³-hybridized carbons (Fsp3) is 0.143. The molecule has 0 saturated carbocycles. The Labute approximate surface area is 110 Å². The van der Waals surface area contributed by atoms with E-state index in [0.717, 1.165) is 5.56 Å². The highest BCUT2D eigenvalue weighted by Crippen LogP contribution is 2.20. The van der Waals surface area contributed by atoms with Gasteiger partial charge >= 0.3 is 5.97 Å². The van der Waals surface area contributed by atoms with Gasteiger partial charge in [-0.1, -0.05) is 0 Å². The molecule has 5 nitrogen and oxygen atoms in total. The first-order valence-electron chi connectivity index (χ1n) is 5.64. The highest BCUT2D eigenvalue weighted by Gasteiger charge is 2.03. The van der Waals surface area contributed by atoms with Gasteiger partial charge in [0.05, 0.1) is 12.2 Å². The number of aromatic carboxylic acids is 1. The van der Waals surface area contributed by atoms with E-state index in [1.807, 2.05) is 6.07 Å². The molecule has 2 rings (SSSR count). The van der Waals surface area contributed by atoms with Gasteiger partial charge in [0.25, 0.3) is 0 Å². The first-order chi connectivity index (χ1) is 9.19. The van der Waals surface area contributed by atoms with Crippen LogP contribution in [0, 0.1) is 0 Å². The van der Waals surface area contributed by atoms with Gasteiger partial charge < -0.3 is 14.6 Å². The van der Waals surface area contributed by atoms with Crippen molar-refractivity contribution in [3.63, 3.8) is 0 Å². The zero-order valence-corrected chi connectivity index (χ0v) is 10.4. The molecule has 2 aromatic rings. The summed E-state index contributed by atoms with van der Waals surface area (Å²) in [4.78, 5) is 14.8. The molecule has 1 aromatic heterocycles. The maximum absolute atomic E-state index is 10.7. The Bertz CT molecular complexity index is 549. The van der Waals surface area contributed by atoms with Crippen molar-refractivity contribution < 1.29 is 19.4 Å². The molecule has 0 saturated heterocycles. The average molecular weight is 259 g/mol. The number of carboxylic acid groups (broad SMARTS) is 1. The minimum absolute atomic E-state index is 0.218. The minimum Gasteiger partial charge on any atom is -0.478 e. The summed E-state index contributed by atoms with van der Waals surface area (Å²) in [6.07, 6.45) is 1.67. The highest BCUT2D eigenvalue weighted by atomic mass is 16.5. The van der Waals surface area contributed by atoms with Crippen molar-refractivity contribution in [2.24, 2.45) is 0 Å². The molecule has 0 bridgehead atoms. The Morgan fingerprint density at radius 1 is 1.21 bits per heavy atom. The molecule has 1 aromatic carbocycles. The van der Waals surface area contributed by atoms with Crippen molar-refractivity contribution >= 4 is 5.97 Å². The predicted molar refractivity (Wildman–Crippen MR) is 68.4 cm³/mol. The second-order valence-corrected chi connectivity index (χ2v) is 3.87. The maximum atomic E-state index is 10.7. The van der Waals surface area contributed by atoms with Crippen molar-refractivity contribution in [2.75, 3.05) is 7.11 Å². The largest absolute Gasteiger partial charge is 0.478 e. The third-order valence-electron chi connectivity index (χ3n) is 2.43. The smallest absolute Gasteiger partial charge is 0.335 e. The Hall–Kier alpha value is -2.40. The normalized spacial score (nSPS) is 10.2. The summed E-state index contributed by atoms with van der Waals surface area (Å²) in [7, 11) is 1.62.